The number of aromatic nitrogens is 1. The molecule has 0 atom stereocenters. The fourth-order valence-corrected chi connectivity index (χ4v) is 1.54. The quantitative estimate of drug-likeness (QED) is 0.644. The Morgan fingerprint density at radius 2 is 2.31 bits per heavy atom. The Hall–Kier alpha value is -1.58. The second kappa shape index (κ2) is 3.05. The molecule has 1 saturated heterocycles. The molecule has 1 amide bonds. The van der Waals surface area contributed by atoms with Crippen molar-refractivity contribution in [3.8, 4) is 0 Å². The van der Waals surface area contributed by atoms with Crippen LogP contribution in [0.3, 0.4) is 0 Å². The van der Waals surface area contributed by atoms with Crippen molar-refractivity contribution in [1.29, 1.82) is 0 Å². The van der Waals surface area contributed by atoms with Crippen molar-refractivity contribution in [3.63, 3.8) is 0 Å². The zero-order valence-electron chi connectivity index (χ0n) is 7.06. The lowest BCUT2D eigenvalue weighted by Crippen LogP contribution is -2.45. The van der Waals surface area contributed by atoms with Gasteiger partial charge in [-0.15, -0.1) is 0 Å². The van der Waals surface area contributed by atoms with E-state index in [1.54, 1.807) is 17.3 Å². The number of aromatic amines is 1. The maximum Gasteiger partial charge on any atom is 0.209 e. The Labute approximate surface area is 75.2 Å². The number of amides is 1. The summed E-state index contributed by atoms with van der Waals surface area (Å²) in [6, 6.07) is 1.51. The van der Waals surface area contributed by atoms with E-state index in [2.05, 4.69) is 4.98 Å². The molecule has 1 aliphatic heterocycles. The minimum atomic E-state index is 0.0503. The maximum atomic E-state index is 11.3. The second-order valence-corrected chi connectivity index (χ2v) is 3.22. The Morgan fingerprint density at radius 1 is 1.54 bits per heavy atom. The third-order valence-corrected chi connectivity index (χ3v) is 2.35. The van der Waals surface area contributed by atoms with Crippen LogP contribution in [0.2, 0.25) is 0 Å². The topological polar surface area (TPSA) is 53.2 Å². The molecule has 0 aromatic carbocycles. The Kier molecular flexibility index (Phi) is 1.88. The fourth-order valence-electron chi connectivity index (χ4n) is 1.54. The first-order chi connectivity index (χ1) is 6.31. The molecule has 0 spiro atoms. The van der Waals surface area contributed by atoms with Gasteiger partial charge < -0.3 is 9.88 Å². The molecule has 13 heavy (non-hydrogen) atoms. The molecule has 4 nitrogen and oxygen atoms in total. The molecule has 0 aliphatic carbocycles. The first kappa shape index (κ1) is 8.04. The van der Waals surface area contributed by atoms with Crippen LogP contribution in [-0.2, 0) is 4.79 Å². The lowest BCUT2D eigenvalue weighted by atomic mass is 9.93. The molecule has 1 fully saturated rings. The highest BCUT2D eigenvalue weighted by atomic mass is 16.1. The average Bonchev–Trinajstić information content (AvgIpc) is 2.06. The zero-order chi connectivity index (χ0) is 9.26. The number of likely N-dealkylation sites (tertiary alicyclic amines) is 1. The van der Waals surface area contributed by atoms with Crippen LogP contribution < -0.4 is 5.43 Å². The number of rotatable bonds is 2. The lowest BCUT2D eigenvalue weighted by molar-refractivity contribution is -0.122. The van der Waals surface area contributed by atoms with Crippen molar-refractivity contribution in [2.45, 2.75) is 5.92 Å². The van der Waals surface area contributed by atoms with Crippen molar-refractivity contribution in [1.82, 2.24) is 9.88 Å². The SMILES string of the molecule is O=CN1CC(c2c[nH]ccc2=O)C1. The third kappa shape index (κ3) is 1.35. The van der Waals surface area contributed by atoms with E-state index in [1.807, 2.05) is 0 Å². The molecular formula is C9H10N2O2. The monoisotopic (exact) mass is 178 g/mol. The maximum absolute atomic E-state index is 11.3. The van der Waals surface area contributed by atoms with Crippen LogP contribution in [0, 0.1) is 0 Å². The fraction of sp³-hybridized carbons (Fsp3) is 0.333. The van der Waals surface area contributed by atoms with E-state index in [9.17, 15) is 9.59 Å². The van der Waals surface area contributed by atoms with Gasteiger partial charge in [0.1, 0.15) is 0 Å². The summed E-state index contributed by atoms with van der Waals surface area (Å²) in [6.45, 7) is 1.33. The third-order valence-electron chi connectivity index (χ3n) is 2.35. The van der Waals surface area contributed by atoms with E-state index in [0.29, 0.717) is 13.1 Å². The van der Waals surface area contributed by atoms with Crippen LogP contribution in [0.4, 0.5) is 0 Å². The van der Waals surface area contributed by atoms with E-state index in [0.717, 1.165) is 12.0 Å². The summed E-state index contributed by atoms with van der Waals surface area (Å²) < 4.78 is 0. The Morgan fingerprint density at radius 3 is 2.92 bits per heavy atom. The molecule has 1 aromatic heterocycles. The number of H-pyrrole nitrogens is 1. The van der Waals surface area contributed by atoms with Crippen LogP contribution in [0.5, 0.6) is 0 Å². The highest BCUT2D eigenvalue weighted by Gasteiger charge is 2.28. The van der Waals surface area contributed by atoms with E-state index >= 15 is 0 Å². The normalized spacial score (nSPS) is 16.8. The van der Waals surface area contributed by atoms with Crippen molar-refractivity contribution in [3.05, 3.63) is 34.2 Å². The van der Waals surface area contributed by atoms with Crippen molar-refractivity contribution >= 4 is 6.41 Å². The van der Waals surface area contributed by atoms with E-state index < -0.39 is 0 Å². The smallest absolute Gasteiger partial charge is 0.209 e. The van der Waals surface area contributed by atoms with E-state index in [1.165, 1.54) is 6.07 Å². The molecule has 0 saturated carbocycles. The van der Waals surface area contributed by atoms with Gasteiger partial charge in [0.05, 0.1) is 0 Å². The second-order valence-electron chi connectivity index (χ2n) is 3.22. The van der Waals surface area contributed by atoms with Gasteiger partial charge in [-0.3, -0.25) is 9.59 Å². The summed E-state index contributed by atoms with van der Waals surface area (Å²) >= 11 is 0. The van der Waals surface area contributed by atoms with Crippen LogP contribution in [0.25, 0.3) is 0 Å². The van der Waals surface area contributed by atoms with E-state index in [-0.39, 0.29) is 11.3 Å². The predicted octanol–water partition coefficient (Wildman–Crippen LogP) is -0.0695. The van der Waals surface area contributed by atoms with Gasteiger partial charge in [0.15, 0.2) is 5.43 Å². The molecule has 1 aliphatic rings. The van der Waals surface area contributed by atoms with Crippen LogP contribution in [-0.4, -0.2) is 29.4 Å². The Bertz CT molecular complexity index is 366. The first-order valence-electron chi connectivity index (χ1n) is 4.17. The van der Waals surface area contributed by atoms with Gasteiger partial charge >= 0.3 is 0 Å². The molecular weight excluding hydrogens is 168 g/mol. The van der Waals surface area contributed by atoms with Crippen molar-refractivity contribution < 1.29 is 4.79 Å². The standard InChI is InChI=1S/C9H10N2O2/c12-6-11-4-7(5-11)8-3-10-2-1-9(8)13/h1-3,6-7H,4-5H2,(H,10,13). The van der Waals surface area contributed by atoms with Crippen LogP contribution in [0.1, 0.15) is 11.5 Å². The number of hydrogen-bond donors (Lipinski definition) is 1. The molecule has 0 bridgehead atoms. The summed E-state index contributed by atoms with van der Waals surface area (Å²) in [4.78, 5) is 26.1. The molecule has 1 N–H and O–H groups in total. The zero-order valence-corrected chi connectivity index (χ0v) is 7.06. The number of carbonyl (C=O) groups excluding carboxylic acids is 1. The summed E-state index contributed by atoms with van der Waals surface area (Å²) in [5.41, 5.74) is 0.829. The number of pyridine rings is 1. The number of hydrogen-bond acceptors (Lipinski definition) is 2. The van der Waals surface area contributed by atoms with Gasteiger partial charge in [-0.2, -0.15) is 0 Å². The van der Waals surface area contributed by atoms with Crippen molar-refractivity contribution in [2.75, 3.05) is 13.1 Å². The average molecular weight is 178 g/mol. The molecule has 0 unspecified atom stereocenters. The van der Waals surface area contributed by atoms with Gasteiger partial charge in [-0.05, 0) is 0 Å². The van der Waals surface area contributed by atoms with Crippen molar-refractivity contribution in [2.24, 2.45) is 0 Å². The minimum Gasteiger partial charge on any atom is -0.367 e. The molecule has 4 heteroatoms. The highest BCUT2D eigenvalue weighted by Crippen LogP contribution is 2.22. The summed E-state index contributed by atoms with van der Waals surface area (Å²) in [5, 5.41) is 0. The summed E-state index contributed by atoms with van der Waals surface area (Å²) in [6.07, 6.45) is 4.14. The van der Waals surface area contributed by atoms with Crippen LogP contribution >= 0.6 is 0 Å². The van der Waals surface area contributed by atoms with Gasteiger partial charge in [0.2, 0.25) is 6.41 Å². The van der Waals surface area contributed by atoms with Gasteiger partial charge in [0, 0.05) is 43.0 Å². The van der Waals surface area contributed by atoms with Gasteiger partial charge in [-0.25, -0.2) is 0 Å². The predicted molar refractivity (Wildman–Crippen MR) is 47.4 cm³/mol. The number of carbonyl (C=O) groups is 1. The number of nitrogens with zero attached hydrogens (tertiary/aromatic N) is 1. The highest BCUT2D eigenvalue weighted by molar-refractivity contribution is 5.50. The summed E-state index contributed by atoms with van der Waals surface area (Å²) in [7, 11) is 0. The molecule has 2 rings (SSSR count). The molecule has 2 heterocycles. The number of nitrogens with one attached hydrogen (secondary N) is 1. The molecule has 68 valence electrons. The molecule has 1 aromatic rings. The Balaban J connectivity index is 2.16. The van der Waals surface area contributed by atoms with Gasteiger partial charge in [0.25, 0.3) is 0 Å². The van der Waals surface area contributed by atoms with E-state index in [4.69, 9.17) is 0 Å². The van der Waals surface area contributed by atoms with Gasteiger partial charge in [-0.1, -0.05) is 0 Å². The lowest BCUT2D eigenvalue weighted by Gasteiger charge is -2.35. The summed E-state index contributed by atoms with van der Waals surface area (Å²) in [5.74, 6) is 0.218. The van der Waals surface area contributed by atoms with Crippen LogP contribution in [0.15, 0.2) is 23.3 Å². The largest absolute Gasteiger partial charge is 0.367 e. The minimum absolute atomic E-state index is 0.0503. The molecule has 0 radical (unpaired) electrons. The first-order valence-corrected chi connectivity index (χ1v) is 4.17.